The standard InChI is InChI=1S/C11H13NO3/c1-3-15-11(13)8-7-9-5-4-6-10(12-9)14-2/h4-8H,3H2,1-2H3/b8-7+. The molecule has 0 saturated heterocycles. The van der Waals surface area contributed by atoms with Crippen LogP contribution in [0.2, 0.25) is 0 Å². The maximum absolute atomic E-state index is 11.0. The van der Waals surface area contributed by atoms with Gasteiger partial charge in [-0.1, -0.05) is 6.07 Å². The van der Waals surface area contributed by atoms with Gasteiger partial charge in [0.25, 0.3) is 0 Å². The molecule has 0 fully saturated rings. The van der Waals surface area contributed by atoms with Crippen molar-refractivity contribution in [2.45, 2.75) is 6.92 Å². The first-order chi connectivity index (χ1) is 7.26. The van der Waals surface area contributed by atoms with E-state index in [1.807, 2.05) is 0 Å². The van der Waals surface area contributed by atoms with Gasteiger partial charge in [-0.25, -0.2) is 9.78 Å². The van der Waals surface area contributed by atoms with Crippen molar-refractivity contribution in [1.29, 1.82) is 0 Å². The van der Waals surface area contributed by atoms with Crippen LogP contribution in [0, 0.1) is 0 Å². The lowest BCUT2D eigenvalue weighted by atomic mass is 10.3. The highest BCUT2D eigenvalue weighted by atomic mass is 16.5. The molecule has 1 aromatic rings. The van der Waals surface area contributed by atoms with Gasteiger partial charge in [0, 0.05) is 12.1 Å². The minimum absolute atomic E-state index is 0.370. The molecule has 0 spiro atoms. The highest BCUT2D eigenvalue weighted by Crippen LogP contribution is 2.07. The van der Waals surface area contributed by atoms with Gasteiger partial charge in [0.2, 0.25) is 5.88 Å². The maximum Gasteiger partial charge on any atom is 0.330 e. The van der Waals surface area contributed by atoms with Gasteiger partial charge in [-0.05, 0) is 19.1 Å². The Balaban J connectivity index is 2.67. The van der Waals surface area contributed by atoms with Gasteiger partial charge in [0.1, 0.15) is 0 Å². The molecule has 0 bridgehead atoms. The molecule has 1 rings (SSSR count). The number of esters is 1. The van der Waals surface area contributed by atoms with Crippen molar-refractivity contribution in [3.8, 4) is 5.88 Å². The smallest absolute Gasteiger partial charge is 0.330 e. The average Bonchev–Trinajstić information content (AvgIpc) is 2.27. The first kappa shape index (κ1) is 11.2. The molecule has 0 aliphatic heterocycles. The number of nitrogens with zero attached hydrogens (tertiary/aromatic N) is 1. The fraction of sp³-hybridized carbons (Fsp3) is 0.273. The average molecular weight is 207 g/mol. The van der Waals surface area contributed by atoms with Crippen LogP contribution >= 0.6 is 0 Å². The van der Waals surface area contributed by atoms with E-state index in [-0.39, 0.29) is 5.97 Å². The van der Waals surface area contributed by atoms with Crippen LogP contribution in [0.1, 0.15) is 12.6 Å². The quantitative estimate of drug-likeness (QED) is 0.556. The Morgan fingerprint density at radius 1 is 1.53 bits per heavy atom. The summed E-state index contributed by atoms with van der Waals surface area (Å²) in [4.78, 5) is 15.1. The molecular weight excluding hydrogens is 194 g/mol. The molecule has 15 heavy (non-hydrogen) atoms. The molecule has 0 N–H and O–H groups in total. The number of carbonyl (C=O) groups is 1. The third kappa shape index (κ3) is 3.81. The highest BCUT2D eigenvalue weighted by molar-refractivity contribution is 5.86. The first-order valence-electron chi connectivity index (χ1n) is 4.62. The molecule has 4 heteroatoms. The van der Waals surface area contributed by atoms with Crippen LogP contribution < -0.4 is 4.74 Å². The number of methoxy groups -OCH3 is 1. The van der Waals surface area contributed by atoms with E-state index in [1.54, 1.807) is 38.3 Å². The predicted molar refractivity (Wildman–Crippen MR) is 56.5 cm³/mol. The lowest BCUT2D eigenvalue weighted by Gasteiger charge is -1.98. The van der Waals surface area contributed by atoms with Gasteiger partial charge in [0.15, 0.2) is 0 Å². The molecule has 80 valence electrons. The van der Waals surface area contributed by atoms with Gasteiger partial charge < -0.3 is 9.47 Å². The van der Waals surface area contributed by atoms with Gasteiger partial charge in [-0.3, -0.25) is 0 Å². The minimum atomic E-state index is -0.373. The second-order valence-electron chi connectivity index (χ2n) is 2.69. The van der Waals surface area contributed by atoms with E-state index in [0.717, 1.165) is 0 Å². The number of rotatable bonds is 4. The van der Waals surface area contributed by atoms with Crippen LogP contribution in [0.15, 0.2) is 24.3 Å². The molecule has 0 aliphatic carbocycles. The topological polar surface area (TPSA) is 48.4 Å². The third-order valence-electron chi connectivity index (χ3n) is 1.63. The Morgan fingerprint density at radius 2 is 2.33 bits per heavy atom. The number of ether oxygens (including phenoxy) is 2. The Kier molecular flexibility index (Phi) is 4.34. The van der Waals surface area contributed by atoms with Crippen molar-refractivity contribution in [3.05, 3.63) is 30.0 Å². The SMILES string of the molecule is CCOC(=O)/C=C/c1cccc(OC)n1. The predicted octanol–water partition coefficient (Wildman–Crippen LogP) is 1.67. The van der Waals surface area contributed by atoms with Crippen LogP contribution in [-0.2, 0) is 9.53 Å². The molecule has 4 nitrogen and oxygen atoms in total. The van der Waals surface area contributed by atoms with Crippen molar-refractivity contribution in [2.75, 3.05) is 13.7 Å². The van der Waals surface area contributed by atoms with Crippen LogP contribution in [0.25, 0.3) is 6.08 Å². The number of carbonyl (C=O) groups excluding carboxylic acids is 1. The molecule has 0 saturated carbocycles. The molecule has 0 atom stereocenters. The normalized spacial score (nSPS) is 10.3. The van der Waals surface area contributed by atoms with E-state index >= 15 is 0 Å². The molecule has 0 aromatic carbocycles. The second-order valence-corrected chi connectivity index (χ2v) is 2.69. The summed E-state index contributed by atoms with van der Waals surface area (Å²) in [5, 5.41) is 0. The van der Waals surface area contributed by atoms with E-state index in [0.29, 0.717) is 18.2 Å². The van der Waals surface area contributed by atoms with E-state index in [2.05, 4.69) is 4.98 Å². The van der Waals surface area contributed by atoms with Crippen LogP contribution in [0.3, 0.4) is 0 Å². The lowest BCUT2D eigenvalue weighted by Crippen LogP contribution is -1.98. The van der Waals surface area contributed by atoms with Gasteiger partial charge in [-0.15, -0.1) is 0 Å². The van der Waals surface area contributed by atoms with Crippen LogP contribution in [0.4, 0.5) is 0 Å². The second kappa shape index (κ2) is 5.80. The summed E-state index contributed by atoms with van der Waals surface area (Å²) in [6, 6.07) is 5.32. The molecule has 1 aromatic heterocycles. The fourth-order valence-electron chi connectivity index (χ4n) is 0.981. The number of hydrogen-bond donors (Lipinski definition) is 0. The van der Waals surface area contributed by atoms with Crippen LogP contribution in [0.5, 0.6) is 5.88 Å². The maximum atomic E-state index is 11.0. The summed E-state index contributed by atoms with van der Waals surface area (Å²) in [5.74, 6) is 0.142. The summed E-state index contributed by atoms with van der Waals surface area (Å²) >= 11 is 0. The first-order valence-corrected chi connectivity index (χ1v) is 4.62. The zero-order valence-corrected chi connectivity index (χ0v) is 8.77. The molecular formula is C11H13NO3. The zero-order chi connectivity index (χ0) is 11.1. The zero-order valence-electron chi connectivity index (χ0n) is 8.77. The Labute approximate surface area is 88.5 Å². The molecule has 0 radical (unpaired) electrons. The van der Waals surface area contributed by atoms with E-state index in [1.165, 1.54) is 6.08 Å². The van der Waals surface area contributed by atoms with E-state index < -0.39 is 0 Å². The Bertz CT molecular complexity index is 361. The summed E-state index contributed by atoms with van der Waals surface area (Å²) in [6.07, 6.45) is 2.92. The fourth-order valence-corrected chi connectivity index (χ4v) is 0.981. The van der Waals surface area contributed by atoms with Crippen molar-refractivity contribution in [2.24, 2.45) is 0 Å². The summed E-state index contributed by atoms with van der Waals surface area (Å²) < 4.78 is 9.68. The highest BCUT2D eigenvalue weighted by Gasteiger charge is 1.96. The van der Waals surface area contributed by atoms with Crippen LogP contribution in [-0.4, -0.2) is 24.7 Å². The van der Waals surface area contributed by atoms with Gasteiger partial charge >= 0.3 is 5.97 Å². The third-order valence-corrected chi connectivity index (χ3v) is 1.63. The molecule has 0 amide bonds. The Hall–Kier alpha value is -1.84. The molecule has 1 heterocycles. The van der Waals surface area contributed by atoms with Crippen molar-refractivity contribution in [1.82, 2.24) is 4.98 Å². The van der Waals surface area contributed by atoms with Gasteiger partial charge in [0.05, 0.1) is 19.4 Å². The molecule has 0 unspecified atom stereocenters. The van der Waals surface area contributed by atoms with Gasteiger partial charge in [-0.2, -0.15) is 0 Å². The minimum Gasteiger partial charge on any atom is -0.481 e. The lowest BCUT2D eigenvalue weighted by molar-refractivity contribution is -0.137. The van der Waals surface area contributed by atoms with Crippen molar-refractivity contribution in [3.63, 3.8) is 0 Å². The summed E-state index contributed by atoms with van der Waals surface area (Å²) in [5.41, 5.74) is 0.655. The van der Waals surface area contributed by atoms with Crippen molar-refractivity contribution < 1.29 is 14.3 Å². The summed E-state index contributed by atoms with van der Waals surface area (Å²) in [7, 11) is 1.54. The van der Waals surface area contributed by atoms with Crippen molar-refractivity contribution >= 4 is 12.0 Å². The Morgan fingerprint density at radius 3 is 3.00 bits per heavy atom. The number of hydrogen-bond acceptors (Lipinski definition) is 4. The van der Waals surface area contributed by atoms with E-state index in [4.69, 9.17) is 9.47 Å². The monoisotopic (exact) mass is 207 g/mol. The largest absolute Gasteiger partial charge is 0.481 e. The number of pyridine rings is 1. The number of aromatic nitrogens is 1. The van der Waals surface area contributed by atoms with E-state index in [9.17, 15) is 4.79 Å². The summed E-state index contributed by atoms with van der Waals surface area (Å²) in [6.45, 7) is 2.13. The molecule has 0 aliphatic rings.